The summed E-state index contributed by atoms with van der Waals surface area (Å²) in [6.45, 7) is 13.0. The summed E-state index contributed by atoms with van der Waals surface area (Å²) in [5, 5.41) is 0. The summed E-state index contributed by atoms with van der Waals surface area (Å²) in [5.74, 6) is -1.42. The zero-order chi connectivity index (χ0) is 32.7. The molecule has 0 spiro atoms. The van der Waals surface area contributed by atoms with Crippen molar-refractivity contribution in [2.75, 3.05) is 31.1 Å². The number of benzene rings is 1. The van der Waals surface area contributed by atoms with Crippen molar-refractivity contribution in [3.63, 3.8) is 0 Å². The Morgan fingerprint density at radius 2 is 1.84 bits per heavy atom. The molecular formula is C34H41F2N5O4. The Morgan fingerprint density at radius 1 is 1.09 bits per heavy atom. The van der Waals surface area contributed by atoms with Gasteiger partial charge in [-0.1, -0.05) is 26.0 Å². The molecule has 4 heterocycles. The summed E-state index contributed by atoms with van der Waals surface area (Å²) in [5.41, 5.74) is 1.31. The minimum absolute atomic E-state index is 0.0680. The van der Waals surface area contributed by atoms with Crippen LogP contribution in [-0.2, 0) is 27.9 Å². The molecule has 0 N–H and O–H groups in total. The van der Waals surface area contributed by atoms with Crippen LogP contribution in [0.25, 0.3) is 0 Å². The molecule has 240 valence electrons. The van der Waals surface area contributed by atoms with Crippen LogP contribution in [0.1, 0.15) is 58.4 Å². The number of carbonyl (C=O) groups is 2. The monoisotopic (exact) mass is 621 g/mol. The molecule has 1 aromatic carbocycles. The first kappa shape index (κ1) is 32.3. The summed E-state index contributed by atoms with van der Waals surface area (Å²) >= 11 is 0. The summed E-state index contributed by atoms with van der Waals surface area (Å²) in [6, 6.07) is 9.66. The van der Waals surface area contributed by atoms with Gasteiger partial charge in [0.2, 0.25) is 5.91 Å². The Morgan fingerprint density at radius 3 is 2.53 bits per heavy atom. The summed E-state index contributed by atoms with van der Waals surface area (Å²) in [7, 11) is 0. The highest BCUT2D eigenvalue weighted by molar-refractivity contribution is 5.97. The lowest BCUT2D eigenvalue weighted by Gasteiger charge is -2.45. The smallest absolute Gasteiger partial charge is 0.410 e. The van der Waals surface area contributed by atoms with E-state index in [-0.39, 0.29) is 48.5 Å². The third kappa shape index (κ3) is 7.24. The second kappa shape index (κ2) is 12.3. The molecule has 0 unspecified atom stereocenters. The van der Waals surface area contributed by atoms with E-state index in [4.69, 9.17) is 4.74 Å². The van der Waals surface area contributed by atoms with Crippen LogP contribution in [0, 0.1) is 11.6 Å². The molecule has 1 saturated heterocycles. The van der Waals surface area contributed by atoms with Gasteiger partial charge in [-0.25, -0.2) is 13.6 Å². The van der Waals surface area contributed by atoms with E-state index in [2.05, 4.69) is 4.98 Å². The van der Waals surface area contributed by atoms with E-state index in [1.807, 2.05) is 52.5 Å². The maximum absolute atomic E-state index is 14.4. The van der Waals surface area contributed by atoms with E-state index < -0.39 is 23.3 Å². The normalized spacial score (nSPS) is 19.8. The lowest BCUT2D eigenvalue weighted by atomic mass is 9.88. The SMILES string of the molecule is C[C@@H]1CN(CC(=O)N2CC(C)(C)c3cnc(Cc4ccc(F)cc4F)cc32)[C@@H](Cn2ccccc2=O)CN1C(=O)OC(C)(C)C. The molecule has 3 aromatic rings. The van der Waals surface area contributed by atoms with Crippen molar-refractivity contribution in [1.29, 1.82) is 0 Å². The van der Waals surface area contributed by atoms with Crippen molar-refractivity contribution < 1.29 is 23.1 Å². The number of anilines is 1. The van der Waals surface area contributed by atoms with Crippen LogP contribution < -0.4 is 10.5 Å². The highest BCUT2D eigenvalue weighted by Gasteiger charge is 2.41. The maximum Gasteiger partial charge on any atom is 0.410 e. The van der Waals surface area contributed by atoms with E-state index in [9.17, 15) is 23.2 Å². The zero-order valence-corrected chi connectivity index (χ0v) is 26.7. The molecule has 0 saturated carbocycles. The van der Waals surface area contributed by atoms with Gasteiger partial charge in [0, 0.05) is 85.9 Å². The number of fused-ring (bicyclic) bond motifs is 1. The minimum atomic E-state index is -0.665. The molecule has 45 heavy (non-hydrogen) atoms. The number of aromatic nitrogens is 2. The van der Waals surface area contributed by atoms with Gasteiger partial charge in [0.25, 0.3) is 5.56 Å². The minimum Gasteiger partial charge on any atom is -0.444 e. The van der Waals surface area contributed by atoms with Crippen molar-refractivity contribution in [3.8, 4) is 0 Å². The fourth-order valence-electron chi connectivity index (χ4n) is 6.13. The molecule has 2 aromatic heterocycles. The number of piperazine rings is 1. The van der Waals surface area contributed by atoms with Crippen molar-refractivity contribution >= 4 is 17.7 Å². The molecule has 1 fully saturated rings. The molecule has 0 radical (unpaired) electrons. The number of hydrogen-bond acceptors (Lipinski definition) is 6. The fraction of sp³-hybridized carbons (Fsp3) is 0.471. The van der Waals surface area contributed by atoms with E-state index in [1.165, 1.54) is 18.2 Å². The number of amides is 2. The highest BCUT2D eigenvalue weighted by Crippen LogP contribution is 2.41. The molecule has 0 bridgehead atoms. The van der Waals surface area contributed by atoms with Gasteiger partial charge >= 0.3 is 6.09 Å². The second-order valence-electron chi connectivity index (χ2n) is 13.7. The van der Waals surface area contributed by atoms with E-state index in [0.29, 0.717) is 36.6 Å². The molecule has 2 atom stereocenters. The average molecular weight is 622 g/mol. The number of hydrogen-bond donors (Lipinski definition) is 0. The fourth-order valence-corrected chi connectivity index (χ4v) is 6.13. The van der Waals surface area contributed by atoms with Gasteiger partial charge < -0.3 is 19.1 Å². The lowest BCUT2D eigenvalue weighted by Crippen LogP contribution is -2.62. The predicted octanol–water partition coefficient (Wildman–Crippen LogP) is 4.75. The number of pyridine rings is 2. The van der Waals surface area contributed by atoms with Gasteiger partial charge in [0.1, 0.15) is 17.2 Å². The van der Waals surface area contributed by atoms with Crippen molar-refractivity contribution in [1.82, 2.24) is 19.4 Å². The van der Waals surface area contributed by atoms with Crippen molar-refractivity contribution in [2.24, 2.45) is 0 Å². The van der Waals surface area contributed by atoms with E-state index >= 15 is 0 Å². The first-order chi connectivity index (χ1) is 21.1. The van der Waals surface area contributed by atoms with Crippen LogP contribution in [0.5, 0.6) is 0 Å². The van der Waals surface area contributed by atoms with Crippen LogP contribution in [0.3, 0.4) is 0 Å². The number of nitrogens with zero attached hydrogens (tertiary/aromatic N) is 5. The van der Waals surface area contributed by atoms with Gasteiger partial charge in [0.05, 0.1) is 12.2 Å². The Hall–Kier alpha value is -4.12. The van der Waals surface area contributed by atoms with Gasteiger partial charge in [-0.2, -0.15) is 0 Å². The Bertz CT molecular complexity index is 1650. The first-order valence-corrected chi connectivity index (χ1v) is 15.2. The van der Waals surface area contributed by atoms with E-state index in [1.54, 1.807) is 38.9 Å². The number of carbonyl (C=O) groups excluding carboxylic acids is 2. The average Bonchev–Trinajstić information content (AvgIpc) is 3.21. The molecular weight excluding hydrogens is 580 g/mol. The highest BCUT2D eigenvalue weighted by atomic mass is 19.1. The molecule has 11 heteroatoms. The van der Waals surface area contributed by atoms with Crippen molar-refractivity contribution in [3.05, 3.63) is 93.7 Å². The van der Waals surface area contributed by atoms with Crippen molar-refractivity contribution in [2.45, 2.75) is 77.6 Å². The lowest BCUT2D eigenvalue weighted by molar-refractivity contribution is -0.121. The van der Waals surface area contributed by atoms with Crippen LogP contribution in [0.4, 0.5) is 19.3 Å². The molecule has 5 rings (SSSR count). The Kier molecular flexibility index (Phi) is 8.86. The van der Waals surface area contributed by atoms with Crippen LogP contribution >= 0.6 is 0 Å². The number of ether oxygens (including phenoxy) is 1. The van der Waals surface area contributed by atoms with Gasteiger partial charge in [-0.05, 0) is 51.5 Å². The van der Waals surface area contributed by atoms with Gasteiger partial charge in [0.15, 0.2) is 0 Å². The topological polar surface area (TPSA) is 88.0 Å². The van der Waals surface area contributed by atoms with Crippen LogP contribution in [0.15, 0.2) is 59.7 Å². The number of rotatable bonds is 6. The van der Waals surface area contributed by atoms with Crippen LogP contribution in [0.2, 0.25) is 0 Å². The van der Waals surface area contributed by atoms with Gasteiger partial charge in [-0.15, -0.1) is 0 Å². The predicted molar refractivity (Wildman–Crippen MR) is 167 cm³/mol. The third-order valence-corrected chi connectivity index (χ3v) is 8.43. The molecule has 2 aliphatic heterocycles. The Labute approximate surface area is 262 Å². The summed E-state index contributed by atoms with van der Waals surface area (Å²) in [6.07, 6.45) is 3.17. The molecule has 0 aliphatic carbocycles. The Balaban J connectivity index is 1.40. The molecule has 2 aliphatic rings. The summed E-state index contributed by atoms with van der Waals surface area (Å²) in [4.78, 5) is 49.8. The second-order valence-corrected chi connectivity index (χ2v) is 13.7. The third-order valence-electron chi connectivity index (χ3n) is 8.43. The first-order valence-electron chi connectivity index (χ1n) is 15.2. The van der Waals surface area contributed by atoms with E-state index in [0.717, 1.165) is 11.6 Å². The van der Waals surface area contributed by atoms with Crippen LogP contribution in [-0.4, -0.2) is 75.2 Å². The summed E-state index contributed by atoms with van der Waals surface area (Å²) < 4.78 is 35.1. The quantitative estimate of drug-likeness (QED) is 0.395. The zero-order valence-electron chi connectivity index (χ0n) is 26.7. The number of halogens is 2. The standard InChI is InChI=1S/C34H41F2N5O4/c1-22-17-39(26(18-38-12-8-7-9-30(38)42)19-40(22)32(44)45-33(2,3)4)20-31(43)41-21-34(5,6)27-16-37-25(15-29(27)41)13-23-10-11-24(35)14-28(23)36/h7-12,14-16,22,26H,13,17-21H2,1-6H3/t22-,26+/m1/s1. The van der Waals surface area contributed by atoms with Gasteiger partial charge in [-0.3, -0.25) is 19.5 Å². The molecule has 9 nitrogen and oxygen atoms in total. The maximum atomic E-state index is 14.4. The largest absolute Gasteiger partial charge is 0.444 e. The molecule has 2 amide bonds.